The SMILES string of the molecule is CN1[C@H]2CCCC[C@@]2(c2ccccc2)O[P@@]1O. The molecule has 0 amide bonds. The number of hydrogen-bond acceptors (Lipinski definition) is 3. The lowest BCUT2D eigenvalue weighted by Gasteiger charge is -2.38. The minimum absolute atomic E-state index is 0.269. The van der Waals surface area contributed by atoms with Crippen molar-refractivity contribution < 1.29 is 9.42 Å². The molecule has 1 aliphatic carbocycles. The van der Waals surface area contributed by atoms with E-state index in [-0.39, 0.29) is 5.60 Å². The molecule has 0 spiro atoms. The van der Waals surface area contributed by atoms with E-state index < -0.39 is 8.53 Å². The predicted molar refractivity (Wildman–Crippen MR) is 68.4 cm³/mol. The van der Waals surface area contributed by atoms with E-state index in [4.69, 9.17) is 4.52 Å². The second-order valence-corrected chi connectivity index (χ2v) is 6.25. The Hall–Kier alpha value is -0.470. The molecular weight excluding hydrogens is 233 g/mol. The largest absolute Gasteiger partial charge is 0.338 e. The van der Waals surface area contributed by atoms with Crippen molar-refractivity contribution in [3.05, 3.63) is 35.9 Å². The first kappa shape index (κ1) is 11.6. The van der Waals surface area contributed by atoms with Gasteiger partial charge in [-0.25, -0.2) is 4.67 Å². The van der Waals surface area contributed by atoms with Crippen molar-refractivity contribution in [3.8, 4) is 0 Å². The first-order valence-corrected chi connectivity index (χ1v) is 7.37. The van der Waals surface area contributed by atoms with Crippen LogP contribution in [-0.2, 0) is 10.1 Å². The molecule has 3 atom stereocenters. The van der Waals surface area contributed by atoms with Crippen LogP contribution in [0.3, 0.4) is 0 Å². The maximum atomic E-state index is 10.0. The summed E-state index contributed by atoms with van der Waals surface area (Å²) in [5.74, 6) is 0. The van der Waals surface area contributed by atoms with Crippen LogP contribution in [0.15, 0.2) is 30.3 Å². The lowest BCUT2D eigenvalue weighted by atomic mass is 9.76. The molecule has 1 saturated carbocycles. The molecule has 0 radical (unpaired) electrons. The molecule has 1 N–H and O–H groups in total. The first-order valence-electron chi connectivity index (χ1n) is 6.20. The average Bonchev–Trinajstić information content (AvgIpc) is 2.64. The van der Waals surface area contributed by atoms with Crippen molar-refractivity contribution in [1.29, 1.82) is 0 Å². The molecule has 4 heteroatoms. The van der Waals surface area contributed by atoms with Crippen LogP contribution in [-0.4, -0.2) is 22.7 Å². The molecule has 17 heavy (non-hydrogen) atoms. The summed E-state index contributed by atoms with van der Waals surface area (Å²) >= 11 is 0. The van der Waals surface area contributed by atoms with Gasteiger partial charge in [0, 0.05) is 0 Å². The summed E-state index contributed by atoms with van der Waals surface area (Å²) in [6, 6.07) is 10.7. The predicted octanol–water partition coefficient (Wildman–Crippen LogP) is 3.01. The number of benzene rings is 1. The van der Waals surface area contributed by atoms with Gasteiger partial charge in [-0.3, -0.25) is 0 Å². The van der Waals surface area contributed by atoms with E-state index in [0.29, 0.717) is 6.04 Å². The third-order valence-electron chi connectivity index (χ3n) is 4.04. The highest BCUT2D eigenvalue weighted by atomic mass is 31.2. The number of rotatable bonds is 1. The van der Waals surface area contributed by atoms with Gasteiger partial charge in [0.05, 0.1) is 6.04 Å². The lowest BCUT2D eigenvalue weighted by molar-refractivity contribution is 0.0224. The third-order valence-corrected chi connectivity index (χ3v) is 5.35. The number of fused-ring (bicyclic) bond motifs is 1. The molecular formula is C13H18NO2P. The zero-order chi connectivity index (χ0) is 11.9. The van der Waals surface area contributed by atoms with Crippen LogP contribution in [0.5, 0.6) is 0 Å². The molecule has 3 nitrogen and oxygen atoms in total. The van der Waals surface area contributed by atoms with E-state index >= 15 is 0 Å². The second-order valence-electron chi connectivity index (χ2n) is 4.93. The van der Waals surface area contributed by atoms with E-state index in [1.807, 2.05) is 17.8 Å². The van der Waals surface area contributed by atoms with Gasteiger partial charge in [-0.15, -0.1) is 0 Å². The Kier molecular flexibility index (Phi) is 2.95. The number of hydrogen-bond donors (Lipinski definition) is 1. The molecule has 1 heterocycles. The molecule has 1 aromatic rings. The summed E-state index contributed by atoms with van der Waals surface area (Å²) < 4.78 is 8.03. The molecule has 1 aromatic carbocycles. The highest BCUT2D eigenvalue weighted by Gasteiger charge is 2.54. The fraction of sp³-hybridized carbons (Fsp3) is 0.538. The zero-order valence-electron chi connectivity index (χ0n) is 10.0. The van der Waals surface area contributed by atoms with Crippen LogP contribution < -0.4 is 0 Å². The Morgan fingerprint density at radius 1 is 1.35 bits per heavy atom. The van der Waals surface area contributed by atoms with Gasteiger partial charge < -0.3 is 9.42 Å². The maximum absolute atomic E-state index is 10.0. The first-order chi connectivity index (χ1) is 8.24. The summed E-state index contributed by atoms with van der Waals surface area (Å²) in [6.07, 6.45) is 4.55. The van der Waals surface area contributed by atoms with Gasteiger partial charge in [-0.2, -0.15) is 0 Å². The fourth-order valence-electron chi connectivity index (χ4n) is 3.16. The summed E-state index contributed by atoms with van der Waals surface area (Å²) in [5, 5.41) is 0. The molecule has 3 rings (SSSR count). The summed E-state index contributed by atoms with van der Waals surface area (Å²) in [5.41, 5.74) is 0.949. The molecule has 92 valence electrons. The van der Waals surface area contributed by atoms with Crippen LogP contribution in [0.25, 0.3) is 0 Å². The van der Waals surface area contributed by atoms with Crippen molar-refractivity contribution in [2.24, 2.45) is 0 Å². The highest BCUT2D eigenvalue weighted by Crippen LogP contribution is 2.60. The van der Waals surface area contributed by atoms with Crippen molar-refractivity contribution >= 4 is 8.53 Å². The zero-order valence-corrected chi connectivity index (χ0v) is 10.9. The van der Waals surface area contributed by atoms with Crippen molar-refractivity contribution in [3.63, 3.8) is 0 Å². The van der Waals surface area contributed by atoms with Gasteiger partial charge in [0.1, 0.15) is 5.60 Å². The standard InChI is InChI=1S/C13H18NO2P/c1-14-12-9-5-6-10-13(12,16-17(14)15)11-7-3-2-4-8-11/h2-4,7-8,12,15H,5-6,9-10H2,1H3/t12-,13-,17+/m0/s1. The topological polar surface area (TPSA) is 32.7 Å². The summed E-state index contributed by atoms with van der Waals surface area (Å²) in [6.45, 7) is 0. The van der Waals surface area contributed by atoms with Crippen LogP contribution in [0.2, 0.25) is 0 Å². The Labute approximate surface area is 103 Å². The Balaban J connectivity index is 2.03. The van der Waals surface area contributed by atoms with Crippen molar-refractivity contribution in [2.75, 3.05) is 7.05 Å². The van der Waals surface area contributed by atoms with Gasteiger partial charge in [0.25, 0.3) is 8.53 Å². The molecule has 0 bridgehead atoms. The molecule has 1 aliphatic heterocycles. The Morgan fingerprint density at radius 2 is 2.12 bits per heavy atom. The van der Waals surface area contributed by atoms with Crippen LogP contribution in [0, 0.1) is 0 Å². The smallest absolute Gasteiger partial charge is 0.256 e. The van der Waals surface area contributed by atoms with Crippen LogP contribution in [0.1, 0.15) is 31.2 Å². The van der Waals surface area contributed by atoms with Gasteiger partial charge in [-0.05, 0) is 25.5 Å². The van der Waals surface area contributed by atoms with Crippen LogP contribution in [0.4, 0.5) is 0 Å². The highest BCUT2D eigenvalue weighted by molar-refractivity contribution is 7.43. The lowest BCUT2D eigenvalue weighted by Crippen LogP contribution is -2.44. The molecule has 1 saturated heterocycles. The number of likely N-dealkylation sites (N-methyl/N-ethyl adjacent to an activating group) is 1. The third kappa shape index (κ3) is 1.73. The summed E-state index contributed by atoms with van der Waals surface area (Å²) in [4.78, 5) is 10.0. The molecule has 2 aliphatic rings. The molecule has 2 fully saturated rings. The van der Waals surface area contributed by atoms with Crippen molar-refractivity contribution in [1.82, 2.24) is 4.67 Å². The second kappa shape index (κ2) is 4.33. The van der Waals surface area contributed by atoms with E-state index in [2.05, 4.69) is 24.3 Å². The van der Waals surface area contributed by atoms with E-state index in [1.165, 1.54) is 18.4 Å². The normalized spacial score (nSPS) is 38.0. The van der Waals surface area contributed by atoms with Gasteiger partial charge >= 0.3 is 0 Å². The molecule has 0 unspecified atom stereocenters. The molecule has 0 aromatic heterocycles. The maximum Gasteiger partial charge on any atom is 0.256 e. The minimum atomic E-state index is -1.42. The van der Waals surface area contributed by atoms with Crippen LogP contribution >= 0.6 is 8.53 Å². The van der Waals surface area contributed by atoms with Gasteiger partial charge in [0.2, 0.25) is 0 Å². The van der Waals surface area contributed by atoms with E-state index in [9.17, 15) is 4.89 Å². The number of nitrogens with zero attached hydrogens (tertiary/aromatic N) is 1. The Morgan fingerprint density at radius 3 is 2.88 bits per heavy atom. The Bertz CT molecular complexity index is 400. The quantitative estimate of drug-likeness (QED) is 0.779. The van der Waals surface area contributed by atoms with Gasteiger partial charge in [-0.1, -0.05) is 43.2 Å². The fourth-order valence-corrected chi connectivity index (χ4v) is 4.44. The van der Waals surface area contributed by atoms with Crippen molar-refractivity contribution in [2.45, 2.75) is 37.3 Å². The minimum Gasteiger partial charge on any atom is -0.338 e. The summed E-state index contributed by atoms with van der Waals surface area (Å²) in [7, 11) is 0.563. The van der Waals surface area contributed by atoms with E-state index in [0.717, 1.165) is 12.8 Å². The monoisotopic (exact) mass is 251 g/mol. The van der Waals surface area contributed by atoms with E-state index in [1.54, 1.807) is 0 Å². The van der Waals surface area contributed by atoms with Gasteiger partial charge in [0.15, 0.2) is 0 Å². The average molecular weight is 251 g/mol.